The number of fused-ring (bicyclic) bond motifs is 3. The van der Waals surface area contributed by atoms with Crippen LogP contribution >= 0.6 is 0 Å². The van der Waals surface area contributed by atoms with Crippen LogP contribution in [0.15, 0.2) is 42.5 Å². The van der Waals surface area contributed by atoms with Crippen molar-refractivity contribution in [3.05, 3.63) is 59.3 Å². The van der Waals surface area contributed by atoms with Gasteiger partial charge in [0.05, 0.1) is 20.1 Å². The van der Waals surface area contributed by atoms with Crippen molar-refractivity contribution in [3.63, 3.8) is 0 Å². The Kier molecular flexibility index (Phi) is 4.75. The molecule has 27 heavy (non-hydrogen) atoms. The molecule has 0 bridgehead atoms. The Labute approximate surface area is 158 Å². The van der Waals surface area contributed by atoms with E-state index in [1.165, 1.54) is 16.6 Å². The summed E-state index contributed by atoms with van der Waals surface area (Å²) in [5.74, 6) is 1.74. The Morgan fingerprint density at radius 3 is 2.67 bits per heavy atom. The van der Waals surface area contributed by atoms with E-state index in [0.717, 1.165) is 35.4 Å². The molecule has 140 valence electrons. The Morgan fingerprint density at radius 2 is 1.93 bits per heavy atom. The lowest BCUT2D eigenvalue weighted by atomic mass is 10.1. The number of ether oxygens (including phenoxy) is 2. The van der Waals surface area contributed by atoms with Gasteiger partial charge in [-0.2, -0.15) is 0 Å². The SMILES string of the molecule is CCOc1ccc(CC(=O)NC2Cc3[nH]c4ccc(OC)cc4c3C2)cc1. The van der Waals surface area contributed by atoms with Crippen molar-refractivity contribution in [1.82, 2.24) is 10.3 Å². The predicted molar refractivity (Wildman–Crippen MR) is 106 cm³/mol. The number of hydrogen-bond acceptors (Lipinski definition) is 3. The minimum atomic E-state index is 0.0520. The molecule has 1 heterocycles. The molecule has 5 nitrogen and oxygen atoms in total. The third-order valence-electron chi connectivity index (χ3n) is 5.07. The molecule has 0 spiro atoms. The van der Waals surface area contributed by atoms with Crippen LogP contribution in [0.3, 0.4) is 0 Å². The number of amides is 1. The summed E-state index contributed by atoms with van der Waals surface area (Å²) >= 11 is 0. The highest BCUT2D eigenvalue weighted by molar-refractivity contribution is 5.87. The van der Waals surface area contributed by atoms with Gasteiger partial charge in [0.2, 0.25) is 5.91 Å². The van der Waals surface area contributed by atoms with Gasteiger partial charge in [0.25, 0.3) is 0 Å². The number of carbonyl (C=O) groups excluding carboxylic acids is 1. The lowest BCUT2D eigenvalue weighted by Crippen LogP contribution is -2.36. The number of benzene rings is 2. The maximum absolute atomic E-state index is 12.4. The van der Waals surface area contributed by atoms with Gasteiger partial charge in [-0.15, -0.1) is 0 Å². The summed E-state index contributed by atoms with van der Waals surface area (Å²) in [4.78, 5) is 15.9. The largest absolute Gasteiger partial charge is 0.497 e. The molecule has 4 rings (SSSR count). The van der Waals surface area contributed by atoms with Crippen LogP contribution in [0.1, 0.15) is 23.7 Å². The highest BCUT2D eigenvalue weighted by Crippen LogP contribution is 2.32. The first kappa shape index (κ1) is 17.5. The predicted octanol–water partition coefficient (Wildman–Crippen LogP) is 3.40. The van der Waals surface area contributed by atoms with Crippen LogP contribution in [0.4, 0.5) is 0 Å². The molecule has 1 aliphatic carbocycles. The summed E-state index contributed by atoms with van der Waals surface area (Å²) in [6.07, 6.45) is 2.06. The van der Waals surface area contributed by atoms with Crippen molar-refractivity contribution in [3.8, 4) is 11.5 Å². The average molecular weight is 364 g/mol. The molecule has 0 aliphatic heterocycles. The first-order valence-corrected chi connectivity index (χ1v) is 9.35. The second-order valence-electron chi connectivity index (χ2n) is 6.92. The zero-order valence-electron chi connectivity index (χ0n) is 15.7. The molecule has 1 amide bonds. The Balaban J connectivity index is 1.39. The Bertz CT molecular complexity index is 960. The number of H-pyrrole nitrogens is 1. The Hall–Kier alpha value is -2.95. The summed E-state index contributed by atoms with van der Waals surface area (Å²) in [5.41, 5.74) is 4.61. The second kappa shape index (κ2) is 7.35. The van der Waals surface area contributed by atoms with Gasteiger partial charge in [-0.3, -0.25) is 4.79 Å². The first-order valence-electron chi connectivity index (χ1n) is 9.35. The summed E-state index contributed by atoms with van der Waals surface area (Å²) in [6.45, 7) is 2.60. The molecule has 0 saturated carbocycles. The standard InChI is InChI=1S/C22H24N2O3/c1-3-27-16-6-4-14(5-7-16)10-22(25)23-15-11-18-19-13-17(26-2)8-9-20(19)24-21(18)12-15/h4-9,13,15,24H,3,10-12H2,1-2H3,(H,23,25). The lowest BCUT2D eigenvalue weighted by Gasteiger charge is -2.13. The highest BCUT2D eigenvalue weighted by atomic mass is 16.5. The molecule has 0 saturated heterocycles. The van der Waals surface area contributed by atoms with E-state index in [1.807, 2.05) is 43.3 Å². The second-order valence-corrected chi connectivity index (χ2v) is 6.92. The maximum atomic E-state index is 12.4. The first-order chi connectivity index (χ1) is 13.2. The monoisotopic (exact) mass is 364 g/mol. The van der Waals surface area contributed by atoms with E-state index in [4.69, 9.17) is 9.47 Å². The van der Waals surface area contributed by atoms with Gasteiger partial charge in [-0.05, 0) is 54.8 Å². The van der Waals surface area contributed by atoms with Crippen molar-refractivity contribution in [2.24, 2.45) is 0 Å². The molecule has 0 fully saturated rings. The molecule has 1 atom stereocenters. The van der Waals surface area contributed by atoms with Gasteiger partial charge in [-0.1, -0.05) is 12.1 Å². The maximum Gasteiger partial charge on any atom is 0.224 e. The summed E-state index contributed by atoms with van der Waals surface area (Å²) in [6, 6.07) is 13.9. The molecule has 1 aliphatic rings. The smallest absolute Gasteiger partial charge is 0.224 e. The molecule has 0 radical (unpaired) electrons. The fourth-order valence-electron chi connectivity index (χ4n) is 3.82. The van der Waals surface area contributed by atoms with Crippen LogP contribution in [-0.4, -0.2) is 30.6 Å². The van der Waals surface area contributed by atoms with E-state index >= 15 is 0 Å². The molecular weight excluding hydrogens is 340 g/mol. The number of rotatable bonds is 6. The van der Waals surface area contributed by atoms with Gasteiger partial charge in [-0.25, -0.2) is 0 Å². The van der Waals surface area contributed by atoms with Crippen LogP contribution in [0, 0.1) is 0 Å². The normalized spacial score (nSPS) is 15.6. The van der Waals surface area contributed by atoms with E-state index in [0.29, 0.717) is 13.0 Å². The van der Waals surface area contributed by atoms with E-state index in [-0.39, 0.29) is 11.9 Å². The lowest BCUT2D eigenvalue weighted by molar-refractivity contribution is -0.121. The van der Waals surface area contributed by atoms with Crippen molar-refractivity contribution < 1.29 is 14.3 Å². The molecular formula is C22H24N2O3. The van der Waals surface area contributed by atoms with Gasteiger partial charge in [0.15, 0.2) is 0 Å². The molecule has 1 aromatic heterocycles. The number of aromatic amines is 1. The fraction of sp³-hybridized carbons (Fsp3) is 0.318. The summed E-state index contributed by atoms with van der Waals surface area (Å²) in [7, 11) is 1.68. The van der Waals surface area contributed by atoms with Gasteiger partial charge in [0, 0.05) is 29.1 Å². The number of nitrogens with one attached hydrogen (secondary N) is 2. The van der Waals surface area contributed by atoms with Gasteiger partial charge in [0.1, 0.15) is 11.5 Å². The van der Waals surface area contributed by atoms with E-state index < -0.39 is 0 Å². The van der Waals surface area contributed by atoms with Gasteiger partial charge >= 0.3 is 0 Å². The van der Waals surface area contributed by atoms with Crippen LogP contribution in [0.25, 0.3) is 10.9 Å². The minimum Gasteiger partial charge on any atom is -0.497 e. The van der Waals surface area contributed by atoms with Gasteiger partial charge < -0.3 is 19.8 Å². The zero-order valence-corrected chi connectivity index (χ0v) is 15.7. The third-order valence-corrected chi connectivity index (χ3v) is 5.07. The summed E-state index contributed by atoms with van der Waals surface area (Å²) < 4.78 is 10.8. The number of methoxy groups -OCH3 is 1. The average Bonchev–Trinajstić information content (AvgIpc) is 3.20. The Morgan fingerprint density at radius 1 is 1.15 bits per heavy atom. The minimum absolute atomic E-state index is 0.0520. The highest BCUT2D eigenvalue weighted by Gasteiger charge is 2.26. The van der Waals surface area contributed by atoms with E-state index in [2.05, 4.69) is 16.4 Å². The van der Waals surface area contributed by atoms with Crippen LogP contribution in [0.2, 0.25) is 0 Å². The topological polar surface area (TPSA) is 63.3 Å². The molecule has 3 aromatic rings. The number of aromatic nitrogens is 1. The van der Waals surface area contributed by atoms with Crippen LogP contribution < -0.4 is 14.8 Å². The van der Waals surface area contributed by atoms with Crippen molar-refractivity contribution in [1.29, 1.82) is 0 Å². The fourth-order valence-corrected chi connectivity index (χ4v) is 3.82. The molecule has 2 N–H and O–H groups in total. The quantitative estimate of drug-likeness (QED) is 0.705. The summed E-state index contributed by atoms with van der Waals surface area (Å²) in [5, 5.41) is 4.36. The zero-order chi connectivity index (χ0) is 18.8. The van der Waals surface area contributed by atoms with E-state index in [1.54, 1.807) is 7.11 Å². The van der Waals surface area contributed by atoms with E-state index in [9.17, 15) is 4.79 Å². The van der Waals surface area contributed by atoms with Crippen LogP contribution in [0.5, 0.6) is 11.5 Å². The van der Waals surface area contributed by atoms with Crippen LogP contribution in [-0.2, 0) is 24.1 Å². The molecule has 2 aromatic carbocycles. The van der Waals surface area contributed by atoms with Crippen molar-refractivity contribution >= 4 is 16.8 Å². The number of carbonyl (C=O) groups is 1. The van der Waals surface area contributed by atoms with Crippen molar-refractivity contribution in [2.75, 3.05) is 13.7 Å². The molecule has 1 unspecified atom stereocenters. The molecule has 5 heteroatoms. The third kappa shape index (κ3) is 3.63. The van der Waals surface area contributed by atoms with Crippen molar-refractivity contribution in [2.45, 2.75) is 32.2 Å². The number of hydrogen-bond donors (Lipinski definition) is 2.